The molecule has 0 heterocycles. The van der Waals surface area contributed by atoms with Crippen molar-refractivity contribution >= 4 is 29.1 Å². The van der Waals surface area contributed by atoms with E-state index in [4.69, 9.17) is 11.6 Å². The summed E-state index contributed by atoms with van der Waals surface area (Å²) in [6.07, 6.45) is 2.33. The van der Waals surface area contributed by atoms with Crippen LogP contribution in [0.1, 0.15) is 28.8 Å². The minimum atomic E-state index is -0.145. The van der Waals surface area contributed by atoms with Crippen molar-refractivity contribution in [3.05, 3.63) is 64.7 Å². The van der Waals surface area contributed by atoms with Gasteiger partial charge in [0, 0.05) is 22.3 Å². The normalized spacial score (nSPS) is 13.4. The highest BCUT2D eigenvalue weighted by molar-refractivity contribution is 6.31. The number of hydrogen-bond acceptors (Lipinski definition) is 2. The predicted molar refractivity (Wildman–Crippen MR) is 90.7 cm³/mol. The van der Waals surface area contributed by atoms with Gasteiger partial charge in [-0.2, -0.15) is 0 Å². The number of carbonyl (C=O) groups is 2. The van der Waals surface area contributed by atoms with Gasteiger partial charge in [-0.1, -0.05) is 29.8 Å². The Labute approximate surface area is 139 Å². The van der Waals surface area contributed by atoms with E-state index >= 15 is 0 Å². The summed E-state index contributed by atoms with van der Waals surface area (Å²) in [5.74, 6) is -0.213. The lowest BCUT2D eigenvalue weighted by atomic mass is 10.1. The van der Waals surface area contributed by atoms with Gasteiger partial charge in [0.1, 0.15) is 0 Å². The largest absolute Gasteiger partial charge is 0.349 e. The zero-order valence-corrected chi connectivity index (χ0v) is 13.3. The highest BCUT2D eigenvalue weighted by Gasteiger charge is 2.23. The van der Waals surface area contributed by atoms with Crippen LogP contribution in [0.2, 0.25) is 5.02 Å². The van der Waals surface area contributed by atoms with E-state index in [9.17, 15) is 9.59 Å². The number of rotatable bonds is 5. The fraction of sp³-hybridized carbons (Fsp3) is 0.222. The fourth-order valence-electron chi connectivity index (χ4n) is 2.22. The number of anilines is 1. The van der Waals surface area contributed by atoms with Crippen molar-refractivity contribution in [2.45, 2.75) is 25.3 Å². The summed E-state index contributed by atoms with van der Waals surface area (Å²) < 4.78 is 0. The third-order valence-electron chi connectivity index (χ3n) is 3.65. The average Bonchev–Trinajstić information content (AvgIpc) is 3.34. The predicted octanol–water partition coefficient (Wildman–Crippen LogP) is 3.41. The number of carbonyl (C=O) groups excluding carboxylic acids is 2. The van der Waals surface area contributed by atoms with Crippen molar-refractivity contribution in [3.8, 4) is 0 Å². The lowest BCUT2D eigenvalue weighted by Crippen LogP contribution is -2.25. The molecule has 5 heteroatoms. The lowest BCUT2D eigenvalue weighted by Gasteiger charge is -2.08. The van der Waals surface area contributed by atoms with Gasteiger partial charge in [0.25, 0.3) is 5.91 Å². The second kappa shape index (κ2) is 6.84. The number of amides is 2. The summed E-state index contributed by atoms with van der Waals surface area (Å²) in [6.45, 7) is 0. The van der Waals surface area contributed by atoms with Crippen molar-refractivity contribution in [3.63, 3.8) is 0 Å². The molecule has 1 aliphatic carbocycles. The number of halogens is 1. The van der Waals surface area contributed by atoms with Crippen LogP contribution in [-0.2, 0) is 11.2 Å². The van der Waals surface area contributed by atoms with Crippen LogP contribution in [0.3, 0.4) is 0 Å². The highest BCUT2D eigenvalue weighted by Crippen LogP contribution is 2.20. The SMILES string of the molecule is O=C(Cc1ccccc1Cl)Nc1ccc(C(=O)NC2CC2)cc1. The number of benzene rings is 2. The Morgan fingerprint density at radius 2 is 1.74 bits per heavy atom. The second-order valence-corrected chi connectivity index (χ2v) is 6.05. The molecule has 3 rings (SSSR count). The Bertz CT molecular complexity index is 724. The van der Waals surface area contributed by atoms with Crippen LogP contribution in [0.5, 0.6) is 0 Å². The van der Waals surface area contributed by atoms with Crippen LogP contribution < -0.4 is 10.6 Å². The summed E-state index contributed by atoms with van der Waals surface area (Å²) in [7, 11) is 0. The summed E-state index contributed by atoms with van der Waals surface area (Å²) in [5.41, 5.74) is 2.04. The minimum absolute atomic E-state index is 0.0681. The van der Waals surface area contributed by atoms with Gasteiger partial charge in [0.2, 0.25) is 5.91 Å². The van der Waals surface area contributed by atoms with Crippen molar-refractivity contribution in [1.82, 2.24) is 5.32 Å². The Morgan fingerprint density at radius 1 is 1.04 bits per heavy atom. The first-order valence-electron chi connectivity index (χ1n) is 7.56. The molecule has 1 saturated carbocycles. The van der Waals surface area contributed by atoms with Crippen molar-refractivity contribution in [1.29, 1.82) is 0 Å². The van der Waals surface area contributed by atoms with Gasteiger partial charge in [0.15, 0.2) is 0 Å². The van der Waals surface area contributed by atoms with Gasteiger partial charge in [0.05, 0.1) is 6.42 Å². The van der Waals surface area contributed by atoms with E-state index in [1.807, 2.05) is 18.2 Å². The van der Waals surface area contributed by atoms with Crippen molar-refractivity contribution < 1.29 is 9.59 Å². The molecule has 2 N–H and O–H groups in total. The molecule has 4 nitrogen and oxygen atoms in total. The molecule has 23 heavy (non-hydrogen) atoms. The third-order valence-corrected chi connectivity index (χ3v) is 4.02. The standard InChI is InChI=1S/C18H17ClN2O2/c19-16-4-2-1-3-13(16)11-17(22)20-14-7-5-12(6-8-14)18(23)21-15-9-10-15/h1-8,15H,9-11H2,(H,20,22)(H,21,23). The first kappa shape index (κ1) is 15.6. The Hall–Kier alpha value is -2.33. The monoisotopic (exact) mass is 328 g/mol. The van der Waals surface area contributed by atoms with Crippen LogP contribution in [0.25, 0.3) is 0 Å². The molecule has 0 aliphatic heterocycles. The quantitative estimate of drug-likeness (QED) is 0.883. The van der Waals surface area contributed by atoms with Crippen LogP contribution >= 0.6 is 11.6 Å². The maximum atomic E-state index is 12.1. The highest BCUT2D eigenvalue weighted by atomic mass is 35.5. The molecular weight excluding hydrogens is 312 g/mol. The van der Waals surface area contributed by atoms with Crippen LogP contribution in [-0.4, -0.2) is 17.9 Å². The van der Waals surface area contributed by atoms with E-state index in [1.54, 1.807) is 30.3 Å². The van der Waals surface area contributed by atoms with Crippen LogP contribution in [0.15, 0.2) is 48.5 Å². The zero-order chi connectivity index (χ0) is 16.2. The topological polar surface area (TPSA) is 58.2 Å². The molecule has 2 aromatic rings. The van der Waals surface area contributed by atoms with Gasteiger partial charge in [-0.15, -0.1) is 0 Å². The number of hydrogen-bond donors (Lipinski definition) is 2. The summed E-state index contributed by atoms with van der Waals surface area (Å²) >= 11 is 6.05. The van der Waals surface area contributed by atoms with Crippen molar-refractivity contribution in [2.24, 2.45) is 0 Å². The summed E-state index contributed by atoms with van der Waals surface area (Å²) in [5, 5.41) is 6.31. The minimum Gasteiger partial charge on any atom is -0.349 e. The molecule has 0 radical (unpaired) electrons. The summed E-state index contributed by atoms with van der Waals surface area (Å²) in [4.78, 5) is 24.0. The Morgan fingerprint density at radius 3 is 2.39 bits per heavy atom. The van der Waals surface area contributed by atoms with Crippen molar-refractivity contribution in [2.75, 3.05) is 5.32 Å². The van der Waals surface area contributed by atoms with E-state index < -0.39 is 0 Å². The maximum Gasteiger partial charge on any atom is 0.251 e. The van der Waals surface area contributed by atoms with Gasteiger partial charge in [-0.05, 0) is 48.7 Å². The van der Waals surface area contributed by atoms with Gasteiger partial charge >= 0.3 is 0 Å². The van der Waals surface area contributed by atoms with Crippen LogP contribution in [0.4, 0.5) is 5.69 Å². The molecule has 0 bridgehead atoms. The summed E-state index contributed by atoms with van der Waals surface area (Å²) in [6, 6.07) is 14.5. The Kier molecular flexibility index (Phi) is 4.63. The molecule has 1 fully saturated rings. The zero-order valence-electron chi connectivity index (χ0n) is 12.5. The second-order valence-electron chi connectivity index (χ2n) is 5.64. The molecule has 0 aromatic heterocycles. The van der Waals surface area contributed by atoms with E-state index in [-0.39, 0.29) is 18.2 Å². The van der Waals surface area contributed by atoms with E-state index in [2.05, 4.69) is 10.6 Å². The molecule has 2 aromatic carbocycles. The molecule has 118 valence electrons. The molecule has 0 atom stereocenters. The first-order valence-corrected chi connectivity index (χ1v) is 7.94. The molecular formula is C18H17ClN2O2. The van der Waals surface area contributed by atoms with Gasteiger partial charge in [-0.3, -0.25) is 9.59 Å². The number of nitrogens with one attached hydrogen (secondary N) is 2. The molecule has 2 amide bonds. The molecule has 0 spiro atoms. The Balaban J connectivity index is 1.58. The maximum absolute atomic E-state index is 12.1. The van der Waals surface area contributed by atoms with Crippen LogP contribution in [0, 0.1) is 0 Å². The smallest absolute Gasteiger partial charge is 0.251 e. The van der Waals surface area contributed by atoms with Gasteiger partial charge in [-0.25, -0.2) is 0 Å². The van der Waals surface area contributed by atoms with E-state index in [0.717, 1.165) is 18.4 Å². The fourth-order valence-corrected chi connectivity index (χ4v) is 2.42. The lowest BCUT2D eigenvalue weighted by molar-refractivity contribution is -0.115. The van der Waals surface area contributed by atoms with E-state index in [1.165, 1.54) is 0 Å². The first-order chi connectivity index (χ1) is 11.1. The molecule has 0 saturated heterocycles. The average molecular weight is 329 g/mol. The van der Waals surface area contributed by atoms with E-state index in [0.29, 0.717) is 22.3 Å². The third kappa shape index (κ3) is 4.33. The molecule has 1 aliphatic rings. The van der Waals surface area contributed by atoms with Gasteiger partial charge < -0.3 is 10.6 Å². The molecule has 0 unspecified atom stereocenters.